The van der Waals surface area contributed by atoms with Gasteiger partial charge in [-0.3, -0.25) is 0 Å². The van der Waals surface area contributed by atoms with E-state index in [1.165, 1.54) is 0 Å². The third kappa shape index (κ3) is 14.3. The van der Waals surface area contributed by atoms with Crippen LogP contribution in [0.25, 0.3) is 0 Å². The van der Waals surface area contributed by atoms with Gasteiger partial charge in [-0.2, -0.15) is 0 Å². The Hall–Kier alpha value is 3.48. The van der Waals surface area contributed by atoms with Crippen molar-refractivity contribution in [2.75, 3.05) is 0 Å². The predicted octanol–water partition coefficient (Wildman–Crippen LogP) is 8.81. The van der Waals surface area contributed by atoms with Crippen molar-refractivity contribution in [3.63, 3.8) is 0 Å². The molecule has 0 spiro atoms. The fourth-order valence-electron chi connectivity index (χ4n) is 1.53. The first-order valence-electron chi connectivity index (χ1n) is 5.10. The average Bonchev–Trinajstić information content (AvgIpc) is 1.83. The third-order valence-electron chi connectivity index (χ3n) is 1.95. The Labute approximate surface area is 183 Å². The number of halogens is 12. The van der Waals surface area contributed by atoms with Crippen LogP contribution in [0, 0.1) is 0 Å². The van der Waals surface area contributed by atoms with E-state index in [9.17, 15) is 0 Å². The zero-order valence-corrected chi connectivity index (χ0v) is 18.9. The van der Waals surface area contributed by atoms with Crippen LogP contribution in [0.5, 0.6) is 0 Å². The first kappa shape index (κ1) is 24.5. The maximum absolute atomic E-state index is 6.13. The van der Waals surface area contributed by atoms with Gasteiger partial charge in [0.05, 0.1) is 0 Å². The van der Waals surface area contributed by atoms with Crippen LogP contribution in [0.2, 0.25) is 0 Å². The molecule has 0 saturated heterocycles. The molecule has 0 atom stereocenters. The van der Waals surface area contributed by atoms with Gasteiger partial charge in [0.2, 0.25) is 0 Å². The molecular weight excluding hydrogens is 534 g/mol. The molecule has 21 heavy (non-hydrogen) atoms. The summed E-state index contributed by atoms with van der Waals surface area (Å²) in [6.07, 6.45) is -0.781. The molecule has 0 unspecified atom stereocenters. The van der Waals surface area contributed by atoms with Crippen LogP contribution in [-0.2, 0) is 0 Å². The monoisotopic (exact) mass is 536 g/mol. The third-order valence-corrected chi connectivity index (χ3v) is 4.36. The molecule has 0 aromatic rings. The van der Waals surface area contributed by atoms with Gasteiger partial charge in [0.15, 0.2) is 7.59 Å². The van der Waals surface area contributed by atoms with Crippen LogP contribution in [-0.4, -0.2) is 20.6 Å². The second kappa shape index (κ2) is 8.45. The van der Waals surface area contributed by atoms with Crippen molar-refractivity contribution in [1.29, 1.82) is 0 Å². The Morgan fingerprint density at radius 1 is 0.333 bits per heavy atom. The quantitative estimate of drug-likeness (QED) is 0.295. The molecule has 0 bridgehead atoms. The second-order valence-corrected chi connectivity index (χ2v) is 14.5. The van der Waals surface area contributed by atoms with Gasteiger partial charge in [-0.15, -0.1) is 69.6 Å². The van der Waals surface area contributed by atoms with Crippen LogP contribution in [0.1, 0.15) is 25.7 Å². The molecule has 0 saturated carbocycles. The smallest absolute Gasteiger partial charge is 0.101 e. The van der Waals surface area contributed by atoms with Gasteiger partial charge in [0.1, 0.15) is 13.0 Å². The summed E-state index contributed by atoms with van der Waals surface area (Å²) < 4.78 is -7.91. The van der Waals surface area contributed by atoms with E-state index in [1.807, 2.05) is 0 Å². The number of rotatable bonds is 6. The second-order valence-electron chi connectivity index (χ2n) is 4.51. The van der Waals surface area contributed by atoms with Crippen molar-refractivity contribution in [1.82, 2.24) is 0 Å². The highest BCUT2D eigenvalue weighted by Gasteiger charge is 2.47. The standard InChI is InChI=1S/C9H8Cl12/c10-5(11,1-6(12,13)3-8(16,17)18)2-7(14,15)4-9(19,20)21/h1-4H2. The molecule has 0 aliphatic heterocycles. The van der Waals surface area contributed by atoms with Gasteiger partial charge in [0.25, 0.3) is 0 Å². The van der Waals surface area contributed by atoms with Gasteiger partial charge < -0.3 is 0 Å². The topological polar surface area (TPSA) is 0 Å². The molecular formula is C9H8Cl12. The van der Waals surface area contributed by atoms with Gasteiger partial charge in [0, 0.05) is 25.7 Å². The summed E-state index contributed by atoms with van der Waals surface area (Å²) in [6.45, 7) is 0. The summed E-state index contributed by atoms with van der Waals surface area (Å²) in [5.41, 5.74) is 0. The number of hydrogen-bond donors (Lipinski definition) is 0. The van der Waals surface area contributed by atoms with Gasteiger partial charge >= 0.3 is 0 Å². The summed E-state index contributed by atoms with van der Waals surface area (Å²) in [7, 11) is 0. The van der Waals surface area contributed by atoms with Crippen molar-refractivity contribution in [3.05, 3.63) is 0 Å². The molecule has 12 heteroatoms. The van der Waals surface area contributed by atoms with Crippen molar-refractivity contribution in [2.24, 2.45) is 0 Å². The highest BCUT2D eigenvalue weighted by molar-refractivity contribution is 6.69. The molecule has 0 heterocycles. The average molecular weight is 542 g/mol. The Morgan fingerprint density at radius 2 is 0.524 bits per heavy atom. The lowest BCUT2D eigenvalue weighted by Gasteiger charge is -2.34. The summed E-state index contributed by atoms with van der Waals surface area (Å²) in [5, 5.41) is 0. The minimum Gasteiger partial charge on any atom is -0.101 e. The number of alkyl halides is 12. The van der Waals surface area contributed by atoms with Gasteiger partial charge in [-0.1, -0.05) is 69.6 Å². The van der Waals surface area contributed by atoms with Crippen molar-refractivity contribution < 1.29 is 0 Å². The fraction of sp³-hybridized carbons (Fsp3) is 1.00. The molecule has 0 N–H and O–H groups in total. The van der Waals surface area contributed by atoms with Crippen molar-refractivity contribution in [2.45, 2.75) is 46.3 Å². The van der Waals surface area contributed by atoms with Crippen LogP contribution >= 0.6 is 139 Å². The Bertz CT molecular complexity index is 304. The van der Waals surface area contributed by atoms with E-state index >= 15 is 0 Å². The van der Waals surface area contributed by atoms with E-state index in [2.05, 4.69) is 0 Å². The molecule has 0 fully saturated rings. The lowest BCUT2D eigenvalue weighted by Crippen LogP contribution is -2.35. The molecule has 128 valence electrons. The Kier molecular flexibility index (Phi) is 9.85. The van der Waals surface area contributed by atoms with Crippen LogP contribution in [0.3, 0.4) is 0 Å². The highest BCUT2D eigenvalue weighted by Crippen LogP contribution is 2.52. The minimum absolute atomic E-state index is 0.179. The van der Waals surface area contributed by atoms with E-state index in [-0.39, 0.29) is 25.7 Å². The van der Waals surface area contributed by atoms with E-state index in [1.54, 1.807) is 0 Å². The maximum Gasteiger partial charge on any atom is 0.193 e. The van der Waals surface area contributed by atoms with Crippen molar-refractivity contribution >= 4 is 139 Å². The van der Waals surface area contributed by atoms with Crippen LogP contribution in [0.4, 0.5) is 0 Å². The lowest BCUT2D eigenvalue weighted by atomic mass is 10.1. The minimum atomic E-state index is -1.68. The van der Waals surface area contributed by atoms with E-state index < -0.39 is 20.6 Å². The number of hydrogen-bond acceptors (Lipinski definition) is 0. The van der Waals surface area contributed by atoms with E-state index in [4.69, 9.17) is 139 Å². The highest BCUT2D eigenvalue weighted by atomic mass is 35.6. The van der Waals surface area contributed by atoms with E-state index in [0.29, 0.717) is 0 Å². The normalized spacial score (nSPS) is 15.4. The summed E-state index contributed by atoms with van der Waals surface area (Å²) in [6, 6.07) is 0. The molecule has 0 radical (unpaired) electrons. The van der Waals surface area contributed by atoms with Crippen LogP contribution in [0.15, 0.2) is 0 Å². The zero-order chi connectivity index (χ0) is 17.3. The molecule has 0 amide bonds. The summed E-state index contributed by atoms with van der Waals surface area (Å²) in [4.78, 5) is 0. The molecule has 0 rings (SSSR count). The molecule has 0 aliphatic carbocycles. The predicted molar refractivity (Wildman–Crippen MR) is 102 cm³/mol. The first-order valence-corrected chi connectivity index (χ1v) is 9.63. The molecule has 0 aromatic carbocycles. The summed E-state index contributed by atoms with van der Waals surface area (Å²) >= 11 is 70.3. The van der Waals surface area contributed by atoms with Crippen LogP contribution < -0.4 is 0 Å². The zero-order valence-electron chi connectivity index (χ0n) is 9.86. The molecule has 0 nitrogen and oxygen atoms in total. The SMILES string of the molecule is ClC(Cl)(Cl)CC(Cl)(Cl)CC(Cl)(Cl)CC(Cl)(Cl)CC(Cl)(Cl)Cl. The van der Waals surface area contributed by atoms with Gasteiger partial charge in [-0.05, 0) is 0 Å². The van der Waals surface area contributed by atoms with E-state index in [0.717, 1.165) is 0 Å². The van der Waals surface area contributed by atoms with Gasteiger partial charge in [-0.25, -0.2) is 0 Å². The lowest BCUT2D eigenvalue weighted by molar-refractivity contribution is 0.519. The molecule has 0 aliphatic rings. The molecule has 0 aromatic heterocycles. The first-order chi connectivity index (χ1) is 8.83. The Morgan fingerprint density at radius 3 is 0.714 bits per heavy atom. The largest absolute Gasteiger partial charge is 0.193 e. The Balaban J connectivity index is 4.83. The van der Waals surface area contributed by atoms with Crippen molar-refractivity contribution in [3.8, 4) is 0 Å². The summed E-state index contributed by atoms with van der Waals surface area (Å²) in [5.74, 6) is 0. The maximum atomic E-state index is 6.13. The fourth-order valence-corrected chi connectivity index (χ4v) is 6.89.